The van der Waals surface area contributed by atoms with Gasteiger partial charge >= 0.3 is 0 Å². The SMILES string of the molecule is CCCc1cc(C(=O)NCc2nc(-c3cccc(NC(=O)C4CCOCC4)c3)oc2C)n(C)n1. The molecule has 1 aliphatic heterocycles. The molecule has 1 aromatic carbocycles. The van der Waals surface area contributed by atoms with Crippen LogP contribution in [-0.2, 0) is 29.5 Å². The van der Waals surface area contributed by atoms with Crippen LogP contribution in [0.4, 0.5) is 5.69 Å². The molecule has 0 atom stereocenters. The molecule has 0 unspecified atom stereocenters. The number of carbonyl (C=O) groups is 2. The van der Waals surface area contributed by atoms with Gasteiger partial charge in [-0.05, 0) is 50.5 Å². The molecule has 1 saturated heterocycles. The number of amides is 2. The summed E-state index contributed by atoms with van der Waals surface area (Å²) >= 11 is 0. The predicted octanol–water partition coefficient (Wildman–Crippen LogP) is 3.63. The smallest absolute Gasteiger partial charge is 0.269 e. The predicted molar refractivity (Wildman–Crippen MR) is 127 cm³/mol. The number of rotatable bonds is 8. The van der Waals surface area contributed by atoms with Crippen molar-refractivity contribution in [3.8, 4) is 11.5 Å². The number of hydrogen-bond donors (Lipinski definition) is 2. The summed E-state index contributed by atoms with van der Waals surface area (Å²) in [4.78, 5) is 29.8. The normalized spacial score (nSPS) is 14.2. The van der Waals surface area contributed by atoms with Crippen LogP contribution in [-0.4, -0.2) is 39.8 Å². The molecule has 9 nitrogen and oxygen atoms in total. The van der Waals surface area contributed by atoms with E-state index < -0.39 is 0 Å². The Morgan fingerprint density at radius 2 is 2.00 bits per heavy atom. The number of aryl methyl sites for hydroxylation is 3. The molecule has 0 saturated carbocycles. The van der Waals surface area contributed by atoms with Gasteiger partial charge < -0.3 is 19.8 Å². The van der Waals surface area contributed by atoms with Gasteiger partial charge in [-0.15, -0.1) is 0 Å². The van der Waals surface area contributed by atoms with Crippen molar-refractivity contribution in [3.63, 3.8) is 0 Å². The zero-order valence-corrected chi connectivity index (χ0v) is 19.9. The van der Waals surface area contributed by atoms with Crippen LogP contribution in [0.1, 0.15) is 53.8 Å². The van der Waals surface area contributed by atoms with Crippen LogP contribution in [0.3, 0.4) is 0 Å². The second-order valence-corrected chi connectivity index (χ2v) is 8.56. The molecule has 0 spiro atoms. The maximum atomic E-state index is 12.6. The number of hydrogen-bond acceptors (Lipinski definition) is 6. The molecule has 2 amide bonds. The number of nitrogens with one attached hydrogen (secondary N) is 2. The number of aromatic nitrogens is 3. The molecular weight excluding hydrogens is 434 g/mol. The van der Waals surface area contributed by atoms with Crippen LogP contribution < -0.4 is 10.6 Å². The van der Waals surface area contributed by atoms with Crippen LogP contribution in [0.25, 0.3) is 11.5 Å². The Morgan fingerprint density at radius 1 is 1.21 bits per heavy atom. The van der Waals surface area contributed by atoms with Crippen molar-refractivity contribution in [2.24, 2.45) is 13.0 Å². The number of benzene rings is 1. The lowest BCUT2D eigenvalue weighted by atomic mass is 9.99. The third-order valence-electron chi connectivity index (χ3n) is 5.95. The minimum absolute atomic E-state index is 0.00435. The van der Waals surface area contributed by atoms with Crippen molar-refractivity contribution in [1.82, 2.24) is 20.1 Å². The van der Waals surface area contributed by atoms with E-state index in [4.69, 9.17) is 9.15 Å². The summed E-state index contributed by atoms with van der Waals surface area (Å²) in [6.07, 6.45) is 3.28. The molecule has 4 rings (SSSR count). The zero-order valence-electron chi connectivity index (χ0n) is 19.9. The summed E-state index contributed by atoms with van der Waals surface area (Å²) in [6.45, 7) is 5.37. The van der Waals surface area contributed by atoms with Gasteiger partial charge in [-0.1, -0.05) is 19.4 Å². The number of ether oxygens (including phenoxy) is 1. The molecule has 2 N–H and O–H groups in total. The first kappa shape index (κ1) is 23.7. The third-order valence-corrected chi connectivity index (χ3v) is 5.95. The van der Waals surface area contributed by atoms with Gasteiger partial charge in [0.2, 0.25) is 11.8 Å². The van der Waals surface area contributed by atoms with E-state index in [-0.39, 0.29) is 24.3 Å². The van der Waals surface area contributed by atoms with Crippen LogP contribution in [0.2, 0.25) is 0 Å². The second-order valence-electron chi connectivity index (χ2n) is 8.56. The summed E-state index contributed by atoms with van der Waals surface area (Å²) in [5.74, 6) is 0.830. The van der Waals surface area contributed by atoms with Gasteiger partial charge in [-0.25, -0.2) is 4.98 Å². The maximum absolute atomic E-state index is 12.6. The maximum Gasteiger partial charge on any atom is 0.269 e. The van der Waals surface area contributed by atoms with Crippen molar-refractivity contribution >= 4 is 17.5 Å². The van der Waals surface area contributed by atoms with E-state index in [1.807, 2.05) is 37.3 Å². The number of anilines is 1. The molecule has 0 bridgehead atoms. The lowest BCUT2D eigenvalue weighted by Crippen LogP contribution is -2.28. The summed E-state index contributed by atoms with van der Waals surface area (Å²) in [5, 5.41) is 10.3. The van der Waals surface area contributed by atoms with Gasteiger partial charge in [0, 0.05) is 37.4 Å². The van der Waals surface area contributed by atoms with Crippen LogP contribution in [0.15, 0.2) is 34.7 Å². The Balaban J connectivity index is 1.41. The first-order valence-electron chi connectivity index (χ1n) is 11.7. The molecule has 3 heterocycles. The molecular formula is C25H31N5O4. The van der Waals surface area contributed by atoms with Crippen molar-refractivity contribution < 1.29 is 18.7 Å². The monoisotopic (exact) mass is 465 g/mol. The highest BCUT2D eigenvalue weighted by molar-refractivity contribution is 5.93. The highest BCUT2D eigenvalue weighted by Crippen LogP contribution is 2.25. The molecule has 1 aliphatic rings. The molecule has 0 radical (unpaired) electrons. The van der Waals surface area contributed by atoms with E-state index in [1.165, 1.54) is 0 Å². The van der Waals surface area contributed by atoms with Gasteiger partial charge in [-0.2, -0.15) is 5.10 Å². The van der Waals surface area contributed by atoms with Crippen molar-refractivity contribution in [3.05, 3.63) is 53.2 Å². The Morgan fingerprint density at radius 3 is 2.76 bits per heavy atom. The van der Waals surface area contributed by atoms with Crippen molar-refractivity contribution in [1.29, 1.82) is 0 Å². The van der Waals surface area contributed by atoms with Gasteiger partial charge in [-0.3, -0.25) is 14.3 Å². The lowest BCUT2D eigenvalue weighted by molar-refractivity contribution is -0.122. The third kappa shape index (κ3) is 5.53. The first-order valence-corrected chi connectivity index (χ1v) is 11.7. The average Bonchev–Trinajstić information content (AvgIpc) is 3.40. The number of nitrogens with zero attached hydrogens (tertiary/aromatic N) is 3. The summed E-state index contributed by atoms with van der Waals surface area (Å²) in [7, 11) is 1.77. The number of oxazole rings is 1. The van der Waals surface area contributed by atoms with Crippen molar-refractivity contribution in [2.75, 3.05) is 18.5 Å². The highest BCUT2D eigenvalue weighted by atomic mass is 16.5. The quantitative estimate of drug-likeness (QED) is 0.526. The van der Waals surface area contributed by atoms with E-state index >= 15 is 0 Å². The summed E-state index contributed by atoms with van der Waals surface area (Å²) in [6, 6.07) is 9.24. The zero-order chi connectivity index (χ0) is 24.1. The second kappa shape index (κ2) is 10.6. The molecule has 180 valence electrons. The lowest BCUT2D eigenvalue weighted by Gasteiger charge is -2.21. The van der Waals surface area contributed by atoms with E-state index in [0.29, 0.717) is 41.9 Å². The molecule has 9 heteroatoms. The Labute approximate surface area is 198 Å². The minimum Gasteiger partial charge on any atom is -0.441 e. The molecule has 34 heavy (non-hydrogen) atoms. The highest BCUT2D eigenvalue weighted by Gasteiger charge is 2.22. The van der Waals surface area contributed by atoms with Gasteiger partial charge in [0.25, 0.3) is 5.91 Å². The standard InChI is InChI=1S/C25H31N5O4/c1-4-6-20-14-22(30(3)29-20)24(32)26-15-21-16(2)34-25(28-21)18-7-5-8-19(13-18)27-23(31)17-9-11-33-12-10-17/h5,7-8,13-14,17H,4,6,9-12,15H2,1-3H3,(H,26,32)(H,27,31). The molecule has 0 aliphatic carbocycles. The van der Waals surface area contributed by atoms with Crippen molar-refractivity contribution in [2.45, 2.75) is 46.1 Å². The average molecular weight is 466 g/mol. The first-order chi connectivity index (χ1) is 16.4. The summed E-state index contributed by atoms with van der Waals surface area (Å²) in [5.41, 5.74) is 3.51. The van der Waals surface area contributed by atoms with Gasteiger partial charge in [0.05, 0.1) is 12.2 Å². The largest absolute Gasteiger partial charge is 0.441 e. The van der Waals surface area contributed by atoms with Gasteiger partial charge in [0.1, 0.15) is 17.1 Å². The van der Waals surface area contributed by atoms with E-state index in [2.05, 4.69) is 27.6 Å². The molecule has 2 aromatic heterocycles. The molecule has 1 fully saturated rings. The number of carbonyl (C=O) groups excluding carboxylic acids is 2. The van der Waals surface area contributed by atoms with E-state index in [9.17, 15) is 9.59 Å². The van der Waals surface area contributed by atoms with Crippen LogP contribution >= 0.6 is 0 Å². The Hall–Kier alpha value is -3.46. The van der Waals surface area contributed by atoms with Crippen LogP contribution in [0.5, 0.6) is 0 Å². The molecule has 3 aromatic rings. The minimum atomic E-state index is -0.209. The topological polar surface area (TPSA) is 111 Å². The Bertz CT molecular complexity index is 1160. The fourth-order valence-electron chi connectivity index (χ4n) is 4.02. The van der Waals surface area contributed by atoms with Crippen LogP contribution in [0, 0.1) is 12.8 Å². The van der Waals surface area contributed by atoms with Gasteiger partial charge in [0.15, 0.2) is 0 Å². The fraction of sp³-hybridized carbons (Fsp3) is 0.440. The Kier molecular flexibility index (Phi) is 7.42. The van der Waals surface area contributed by atoms with E-state index in [0.717, 1.165) is 36.9 Å². The van der Waals surface area contributed by atoms with E-state index in [1.54, 1.807) is 11.7 Å². The summed E-state index contributed by atoms with van der Waals surface area (Å²) < 4.78 is 12.8. The fourth-order valence-corrected chi connectivity index (χ4v) is 4.02.